The monoisotopic (exact) mass is 601 g/mol. The highest BCUT2D eigenvalue weighted by Gasteiger charge is 2.31. The minimum atomic E-state index is -3.64. The van der Waals surface area contributed by atoms with Crippen LogP contribution in [0.1, 0.15) is 44.2 Å². The van der Waals surface area contributed by atoms with Gasteiger partial charge in [0, 0.05) is 37.0 Å². The number of nitrogens with one attached hydrogen (secondary N) is 1. The maximum Gasteiger partial charge on any atom is 0.243 e. The van der Waals surface area contributed by atoms with Crippen molar-refractivity contribution in [3.63, 3.8) is 0 Å². The van der Waals surface area contributed by atoms with Gasteiger partial charge >= 0.3 is 0 Å². The molecule has 2 amide bonds. The van der Waals surface area contributed by atoms with Crippen molar-refractivity contribution in [2.24, 2.45) is 0 Å². The van der Waals surface area contributed by atoms with Crippen molar-refractivity contribution in [2.75, 3.05) is 17.1 Å². The molecule has 0 saturated carbocycles. The van der Waals surface area contributed by atoms with Crippen molar-refractivity contribution in [3.05, 3.63) is 101 Å². The molecular weight excluding hydrogens is 565 g/mol. The molecule has 3 aromatic rings. The van der Waals surface area contributed by atoms with Crippen LogP contribution in [0, 0.1) is 5.82 Å². The molecule has 0 saturated heterocycles. The van der Waals surface area contributed by atoms with Gasteiger partial charge in [0.05, 0.1) is 11.9 Å². The number of benzene rings is 3. The Labute approximate surface area is 247 Å². The first-order valence-corrected chi connectivity index (χ1v) is 15.8. The van der Waals surface area contributed by atoms with Gasteiger partial charge in [-0.3, -0.25) is 13.9 Å². The predicted octanol–water partition coefficient (Wildman–Crippen LogP) is 5.58. The average Bonchev–Trinajstić information content (AvgIpc) is 2.93. The van der Waals surface area contributed by atoms with Crippen LogP contribution in [0.4, 0.5) is 10.1 Å². The van der Waals surface area contributed by atoms with Crippen LogP contribution in [0.3, 0.4) is 0 Å². The Balaban J connectivity index is 1.89. The Morgan fingerprint density at radius 2 is 1.66 bits per heavy atom. The molecule has 0 spiro atoms. The van der Waals surface area contributed by atoms with Crippen molar-refractivity contribution >= 4 is 39.1 Å². The third-order valence-corrected chi connectivity index (χ3v) is 8.22. The Kier molecular flexibility index (Phi) is 11.7. The Morgan fingerprint density at radius 1 is 0.976 bits per heavy atom. The summed E-state index contributed by atoms with van der Waals surface area (Å²) in [5.74, 6) is -0.992. The van der Waals surface area contributed by atoms with Crippen LogP contribution in [0.2, 0.25) is 5.02 Å². The number of hydrogen-bond acceptors (Lipinski definition) is 4. The van der Waals surface area contributed by atoms with E-state index < -0.39 is 21.9 Å². The van der Waals surface area contributed by atoms with Gasteiger partial charge in [-0.2, -0.15) is 0 Å². The van der Waals surface area contributed by atoms with Gasteiger partial charge < -0.3 is 10.2 Å². The highest BCUT2D eigenvalue weighted by molar-refractivity contribution is 7.92. The van der Waals surface area contributed by atoms with Crippen LogP contribution < -0.4 is 9.62 Å². The minimum absolute atomic E-state index is 0.00428. The maximum atomic E-state index is 13.8. The van der Waals surface area contributed by atoms with Crippen molar-refractivity contribution in [1.82, 2.24) is 10.2 Å². The van der Waals surface area contributed by atoms with Crippen LogP contribution in [0.15, 0.2) is 78.9 Å². The van der Waals surface area contributed by atoms with Gasteiger partial charge in [-0.05, 0) is 61.2 Å². The summed E-state index contributed by atoms with van der Waals surface area (Å²) < 4.78 is 40.0. The first kappa shape index (κ1) is 32.1. The number of hydrogen-bond donors (Lipinski definition) is 1. The molecule has 3 rings (SSSR count). The Hall–Kier alpha value is -3.43. The molecule has 1 N–H and O–H groups in total. The molecule has 7 nitrogen and oxygen atoms in total. The summed E-state index contributed by atoms with van der Waals surface area (Å²) in [5, 5.41) is 3.41. The standard InChI is InChI=1S/C31H37ClFN3O4S/c1-4-23(2)34-31(38)29(20-24-10-6-5-7-11-24)35(22-25-15-17-27(33)18-16-25)30(37)14-9-19-36(41(3,39)40)28-13-8-12-26(32)21-28/h5-8,10-13,15-18,21,23,29H,4,9,14,19-20,22H2,1-3H3,(H,34,38)/t23-,29+/m0/s1. The molecule has 0 aromatic heterocycles. The van der Waals surface area contributed by atoms with Gasteiger partial charge in [-0.25, -0.2) is 12.8 Å². The first-order valence-electron chi connectivity index (χ1n) is 13.6. The summed E-state index contributed by atoms with van der Waals surface area (Å²) in [7, 11) is -3.64. The van der Waals surface area contributed by atoms with Crippen LogP contribution in [-0.4, -0.2) is 50.0 Å². The summed E-state index contributed by atoms with van der Waals surface area (Å²) in [5.41, 5.74) is 1.97. The number of sulfonamides is 1. The van der Waals surface area contributed by atoms with Crippen molar-refractivity contribution in [1.29, 1.82) is 0 Å². The summed E-state index contributed by atoms with van der Waals surface area (Å²) in [6, 6.07) is 20.8. The fraction of sp³-hybridized carbons (Fsp3) is 0.355. The third-order valence-electron chi connectivity index (χ3n) is 6.79. The van der Waals surface area contributed by atoms with E-state index in [0.29, 0.717) is 16.3 Å². The van der Waals surface area contributed by atoms with E-state index in [1.807, 2.05) is 44.2 Å². The molecule has 0 bridgehead atoms. The quantitative estimate of drug-likeness (QED) is 0.261. The van der Waals surface area contributed by atoms with Gasteiger partial charge in [0.2, 0.25) is 21.8 Å². The number of carbonyl (C=O) groups excluding carboxylic acids is 2. The normalized spacial score (nSPS) is 12.8. The fourth-order valence-electron chi connectivity index (χ4n) is 4.42. The predicted molar refractivity (Wildman–Crippen MR) is 162 cm³/mol. The SMILES string of the molecule is CC[C@H](C)NC(=O)[C@@H](Cc1ccccc1)N(Cc1ccc(F)cc1)C(=O)CCCN(c1cccc(Cl)c1)S(C)(=O)=O. The van der Waals surface area contributed by atoms with Gasteiger partial charge in [-0.1, -0.05) is 67.1 Å². The molecule has 0 aliphatic rings. The summed E-state index contributed by atoms with van der Waals surface area (Å²) in [4.78, 5) is 28.9. The molecule has 0 aliphatic carbocycles. The highest BCUT2D eigenvalue weighted by atomic mass is 35.5. The van der Waals surface area contributed by atoms with E-state index >= 15 is 0 Å². The second-order valence-corrected chi connectivity index (χ2v) is 12.4. The lowest BCUT2D eigenvalue weighted by Gasteiger charge is -2.32. The van der Waals surface area contributed by atoms with Crippen LogP contribution >= 0.6 is 11.6 Å². The van der Waals surface area contributed by atoms with E-state index in [1.165, 1.54) is 21.3 Å². The summed E-state index contributed by atoms with van der Waals surface area (Å²) >= 11 is 6.09. The van der Waals surface area contributed by atoms with E-state index in [-0.39, 0.29) is 50.2 Å². The van der Waals surface area contributed by atoms with Crippen LogP contribution in [0.25, 0.3) is 0 Å². The van der Waals surface area contributed by atoms with Crippen LogP contribution in [-0.2, 0) is 32.6 Å². The van der Waals surface area contributed by atoms with E-state index in [1.54, 1.807) is 36.4 Å². The zero-order chi connectivity index (χ0) is 30.0. The zero-order valence-corrected chi connectivity index (χ0v) is 25.2. The second kappa shape index (κ2) is 15.0. The van der Waals surface area contributed by atoms with Gasteiger partial charge in [-0.15, -0.1) is 0 Å². The first-order chi connectivity index (χ1) is 19.5. The zero-order valence-electron chi connectivity index (χ0n) is 23.6. The Morgan fingerprint density at radius 3 is 2.27 bits per heavy atom. The molecule has 220 valence electrons. The van der Waals surface area contributed by atoms with E-state index in [2.05, 4.69) is 5.32 Å². The minimum Gasteiger partial charge on any atom is -0.352 e. The molecule has 10 heteroatoms. The van der Waals surface area contributed by atoms with Crippen LogP contribution in [0.5, 0.6) is 0 Å². The van der Waals surface area contributed by atoms with Gasteiger partial charge in [0.1, 0.15) is 11.9 Å². The molecular formula is C31H37ClFN3O4S. The second-order valence-electron chi connectivity index (χ2n) is 10.1. The average molecular weight is 602 g/mol. The topological polar surface area (TPSA) is 86.8 Å². The highest BCUT2D eigenvalue weighted by Crippen LogP contribution is 2.23. The molecule has 3 aromatic carbocycles. The molecule has 0 aliphatic heterocycles. The molecule has 0 fully saturated rings. The number of rotatable bonds is 14. The van der Waals surface area contributed by atoms with Gasteiger partial charge in [0.15, 0.2) is 0 Å². The number of halogens is 2. The summed E-state index contributed by atoms with van der Waals surface area (Å²) in [6.45, 7) is 4.01. The molecule has 0 unspecified atom stereocenters. The third kappa shape index (κ3) is 9.86. The lowest BCUT2D eigenvalue weighted by molar-refractivity contribution is -0.141. The van der Waals surface area contributed by atoms with Crippen molar-refractivity contribution in [3.8, 4) is 0 Å². The smallest absolute Gasteiger partial charge is 0.243 e. The Bertz CT molecular complexity index is 1400. The molecule has 2 atom stereocenters. The number of carbonyl (C=O) groups is 2. The summed E-state index contributed by atoms with van der Waals surface area (Å²) in [6.07, 6.45) is 2.32. The van der Waals surface area contributed by atoms with Crippen molar-refractivity contribution in [2.45, 2.75) is 58.2 Å². The largest absolute Gasteiger partial charge is 0.352 e. The maximum absolute atomic E-state index is 13.8. The number of amides is 2. The van der Waals surface area contributed by atoms with E-state index in [9.17, 15) is 22.4 Å². The van der Waals surface area contributed by atoms with Gasteiger partial charge in [0.25, 0.3) is 0 Å². The molecule has 0 heterocycles. The number of nitrogens with zero attached hydrogens (tertiary/aromatic N) is 2. The van der Waals surface area contributed by atoms with E-state index in [4.69, 9.17) is 11.6 Å². The number of anilines is 1. The fourth-order valence-corrected chi connectivity index (χ4v) is 5.56. The van der Waals surface area contributed by atoms with Crippen molar-refractivity contribution < 1.29 is 22.4 Å². The van der Waals surface area contributed by atoms with E-state index in [0.717, 1.165) is 18.2 Å². The lowest BCUT2D eigenvalue weighted by Crippen LogP contribution is -2.52. The lowest BCUT2D eigenvalue weighted by atomic mass is 10.0. The molecule has 41 heavy (non-hydrogen) atoms. The molecule has 0 radical (unpaired) electrons.